The van der Waals surface area contributed by atoms with E-state index in [0.717, 1.165) is 25.3 Å². The molecule has 1 heterocycles. The average Bonchev–Trinajstić information content (AvgIpc) is 2.46. The summed E-state index contributed by atoms with van der Waals surface area (Å²) in [5.41, 5.74) is -0.181. The highest BCUT2D eigenvalue weighted by atomic mass is 32.2. The van der Waals surface area contributed by atoms with E-state index in [1.54, 1.807) is 0 Å². The zero-order valence-corrected chi connectivity index (χ0v) is 12.9. The first-order valence-electron chi connectivity index (χ1n) is 6.79. The van der Waals surface area contributed by atoms with Gasteiger partial charge >= 0.3 is 0 Å². The maximum absolute atomic E-state index is 12.8. The molecule has 0 amide bonds. The molecule has 1 aliphatic rings. The van der Waals surface area contributed by atoms with Crippen molar-refractivity contribution in [3.05, 3.63) is 23.8 Å². The molecule has 0 aromatic heterocycles. The van der Waals surface area contributed by atoms with E-state index in [2.05, 4.69) is 0 Å². The van der Waals surface area contributed by atoms with E-state index in [4.69, 9.17) is 4.74 Å². The van der Waals surface area contributed by atoms with Gasteiger partial charge in [0.25, 0.3) is 0 Å². The summed E-state index contributed by atoms with van der Waals surface area (Å²) in [6.45, 7) is 2.29. The van der Waals surface area contributed by atoms with Crippen LogP contribution in [0.4, 0.5) is 0 Å². The van der Waals surface area contributed by atoms with E-state index >= 15 is 0 Å². The van der Waals surface area contributed by atoms with Crippen molar-refractivity contribution in [2.45, 2.75) is 37.1 Å². The van der Waals surface area contributed by atoms with Crippen LogP contribution < -0.4 is 9.84 Å². The Morgan fingerprint density at radius 2 is 2.10 bits per heavy atom. The zero-order valence-electron chi connectivity index (χ0n) is 12.0. The minimum Gasteiger partial charge on any atom is -0.545 e. The van der Waals surface area contributed by atoms with Gasteiger partial charge in [0.15, 0.2) is 0 Å². The number of ether oxygens (including phenoxy) is 1. The number of aromatic carboxylic acids is 1. The maximum atomic E-state index is 12.8. The first-order chi connectivity index (χ1) is 9.87. The third-order valence-corrected chi connectivity index (χ3v) is 5.76. The Morgan fingerprint density at radius 3 is 2.67 bits per heavy atom. The number of hydrogen-bond donors (Lipinski definition) is 0. The van der Waals surface area contributed by atoms with E-state index in [0.29, 0.717) is 6.54 Å². The molecule has 1 aromatic carbocycles. The minimum absolute atomic E-state index is 0.111. The summed E-state index contributed by atoms with van der Waals surface area (Å²) in [7, 11) is -2.44. The molecule has 0 radical (unpaired) electrons. The van der Waals surface area contributed by atoms with Crippen LogP contribution >= 0.6 is 0 Å². The molecule has 2 rings (SSSR count). The van der Waals surface area contributed by atoms with Gasteiger partial charge in [-0.05, 0) is 43.5 Å². The molecule has 0 spiro atoms. The van der Waals surface area contributed by atoms with Gasteiger partial charge in [-0.25, -0.2) is 8.42 Å². The van der Waals surface area contributed by atoms with Crippen molar-refractivity contribution in [2.24, 2.45) is 0 Å². The highest BCUT2D eigenvalue weighted by Crippen LogP contribution is 2.31. The second-order valence-corrected chi connectivity index (χ2v) is 6.97. The van der Waals surface area contributed by atoms with Gasteiger partial charge in [0.05, 0.1) is 13.1 Å². The first-order valence-corrected chi connectivity index (χ1v) is 8.23. The summed E-state index contributed by atoms with van der Waals surface area (Å²) in [4.78, 5) is 10.8. The number of carboxylic acids is 1. The molecule has 0 aliphatic carbocycles. The number of hydrogen-bond acceptors (Lipinski definition) is 5. The van der Waals surface area contributed by atoms with Crippen molar-refractivity contribution < 1.29 is 23.1 Å². The van der Waals surface area contributed by atoms with E-state index in [-0.39, 0.29) is 22.3 Å². The monoisotopic (exact) mass is 312 g/mol. The summed E-state index contributed by atoms with van der Waals surface area (Å²) >= 11 is 0. The van der Waals surface area contributed by atoms with Crippen molar-refractivity contribution in [3.63, 3.8) is 0 Å². The molecule has 1 aromatic rings. The molecule has 116 valence electrons. The quantitative estimate of drug-likeness (QED) is 0.813. The van der Waals surface area contributed by atoms with Gasteiger partial charge in [-0.2, -0.15) is 4.31 Å². The molecule has 0 N–H and O–H groups in total. The lowest BCUT2D eigenvalue weighted by molar-refractivity contribution is -0.255. The van der Waals surface area contributed by atoms with E-state index in [9.17, 15) is 18.3 Å². The summed E-state index contributed by atoms with van der Waals surface area (Å²) < 4.78 is 32.1. The maximum Gasteiger partial charge on any atom is 0.247 e. The van der Waals surface area contributed by atoms with Crippen molar-refractivity contribution >= 4 is 16.0 Å². The van der Waals surface area contributed by atoms with Crippen LogP contribution in [0.15, 0.2) is 23.1 Å². The van der Waals surface area contributed by atoms with Gasteiger partial charge in [-0.3, -0.25) is 0 Å². The van der Waals surface area contributed by atoms with Crippen molar-refractivity contribution in [1.82, 2.24) is 4.31 Å². The second kappa shape index (κ2) is 6.03. The Kier molecular flexibility index (Phi) is 4.53. The standard InChI is InChI=1S/C14H19NO5S/c1-10-5-3-4-8-15(10)21(18,19)13-9-11(14(16)17)6-7-12(13)20-2/h6-7,9-10H,3-5,8H2,1-2H3,(H,16,17)/p-1/t10-/m1/s1. The fraction of sp³-hybridized carbons (Fsp3) is 0.500. The third kappa shape index (κ3) is 3.03. The van der Waals surface area contributed by atoms with Crippen LogP contribution in [0.25, 0.3) is 0 Å². The summed E-state index contributed by atoms with van der Waals surface area (Å²) in [6, 6.07) is 3.60. The Labute approximate surface area is 124 Å². The third-order valence-electron chi connectivity index (χ3n) is 3.73. The number of nitrogens with zero attached hydrogens (tertiary/aromatic N) is 1. The van der Waals surface area contributed by atoms with Crippen molar-refractivity contribution in [3.8, 4) is 5.75 Å². The summed E-state index contributed by atoms with van der Waals surface area (Å²) in [5.74, 6) is -1.28. The molecule has 1 fully saturated rings. The van der Waals surface area contributed by atoms with Gasteiger partial charge < -0.3 is 14.6 Å². The van der Waals surface area contributed by atoms with Crippen LogP contribution in [0, 0.1) is 0 Å². The van der Waals surface area contributed by atoms with Gasteiger partial charge in [0.2, 0.25) is 10.0 Å². The molecule has 6 nitrogen and oxygen atoms in total. The highest BCUT2D eigenvalue weighted by molar-refractivity contribution is 7.89. The predicted molar refractivity (Wildman–Crippen MR) is 74.5 cm³/mol. The molecule has 1 atom stereocenters. The van der Waals surface area contributed by atoms with Gasteiger partial charge in [-0.15, -0.1) is 0 Å². The number of methoxy groups -OCH3 is 1. The number of sulfonamides is 1. The van der Waals surface area contributed by atoms with Crippen LogP contribution in [-0.4, -0.2) is 38.4 Å². The van der Waals surface area contributed by atoms with Crippen LogP contribution in [-0.2, 0) is 10.0 Å². The van der Waals surface area contributed by atoms with Gasteiger partial charge in [0, 0.05) is 12.6 Å². The smallest absolute Gasteiger partial charge is 0.247 e. The fourth-order valence-electron chi connectivity index (χ4n) is 2.56. The number of carbonyl (C=O) groups is 1. The summed E-state index contributed by atoms with van der Waals surface area (Å²) in [5, 5.41) is 11.0. The SMILES string of the molecule is COc1ccc(C(=O)[O-])cc1S(=O)(=O)N1CCCC[C@H]1C. The Morgan fingerprint density at radius 1 is 1.38 bits per heavy atom. The molecular formula is C14H18NO5S-. The van der Waals surface area contributed by atoms with E-state index < -0.39 is 16.0 Å². The molecule has 0 saturated carbocycles. The Balaban J connectivity index is 2.52. The largest absolute Gasteiger partial charge is 0.545 e. The van der Waals surface area contributed by atoms with Gasteiger partial charge in [-0.1, -0.05) is 6.42 Å². The van der Waals surface area contributed by atoms with Crippen LogP contribution in [0.2, 0.25) is 0 Å². The molecule has 0 bridgehead atoms. The van der Waals surface area contributed by atoms with E-state index in [1.807, 2.05) is 6.92 Å². The highest BCUT2D eigenvalue weighted by Gasteiger charge is 2.33. The van der Waals surface area contributed by atoms with Crippen LogP contribution in [0.5, 0.6) is 5.75 Å². The number of carboxylic acid groups (broad SMARTS) is 1. The lowest BCUT2D eigenvalue weighted by Gasteiger charge is -2.32. The van der Waals surface area contributed by atoms with Crippen molar-refractivity contribution in [2.75, 3.05) is 13.7 Å². The number of piperidine rings is 1. The average molecular weight is 312 g/mol. The normalized spacial score (nSPS) is 20.2. The lowest BCUT2D eigenvalue weighted by atomic mass is 10.1. The zero-order chi connectivity index (χ0) is 15.6. The number of carbonyl (C=O) groups excluding carboxylic acids is 1. The first kappa shape index (κ1) is 15.8. The van der Waals surface area contributed by atoms with Crippen LogP contribution in [0.1, 0.15) is 36.5 Å². The number of rotatable bonds is 4. The second-order valence-electron chi connectivity index (χ2n) is 5.11. The predicted octanol–water partition coefficient (Wildman–Crippen LogP) is 0.622. The lowest BCUT2D eigenvalue weighted by Crippen LogP contribution is -2.42. The molecule has 1 saturated heterocycles. The van der Waals surface area contributed by atoms with Crippen molar-refractivity contribution in [1.29, 1.82) is 0 Å². The fourth-order valence-corrected chi connectivity index (χ4v) is 4.44. The molecule has 7 heteroatoms. The topological polar surface area (TPSA) is 86.7 Å². The molecule has 1 aliphatic heterocycles. The van der Waals surface area contributed by atoms with Crippen LogP contribution in [0.3, 0.4) is 0 Å². The number of benzene rings is 1. The Hall–Kier alpha value is -1.60. The summed E-state index contributed by atoms with van der Waals surface area (Å²) in [6.07, 6.45) is 2.58. The van der Waals surface area contributed by atoms with E-state index in [1.165, 1.54) is 23.5 Å². The van der Waals surface area contributed by atoms with Gasteiger partial charge in [0.1, 0.15) is 10.6 Å². The minimum atomic E-state index is -3.79. The molecular weight excluding hydrogens is 294 g/mol. The Bertz CT molecular complexity index is 641. The molecule has 0 unspecified atom stereocenters. The molecule has 21 heavy (non-hydrogen) atoms.